The van der Waals surface area contributed by atoms with Crippen LogP contribution in [-0.2, 0) is 19.1 Å². The number of carbonyl (C=O) groups is 2. The summed E-state index contributed by atoms with van der Waals surface area (Å²) in [6.07, 6.45) is -0.366. The standard InChI is InChI=1S/C18H27N3O5/c1-24-15-5-3-4-14(12-15)16(25-2)13-20-18(23)17(22)19-6-7-21-8-10-26-11-9-21/h3-5,12,16H,6-11,13H2,1-2H3,(H,19,22)(H,20,23). The zero-order valence-electron chi connectivity index (χ0n) is 15.3. The van der Waals surface area contributed by atoms with E-state index in [1.165, 1.54) is 0 Å². The normalized spacial score (nSPS) is 15.9. The highest BCUT2D eigenvalue weighted by molar-refractivity contribution is 6.35. The van der Waals surface area contributed by atoms with Crippen molar-refractivity contribution in [3.05, 3.63) is 29.8 Å². The van der Waals surface area contributed by atoms with Crippen LogP contribution in [0.1, 0.15) is 11.7 Å². The van der Waals surface area contributed by atoms with Crippen LogP contribution in [0.4, 0.5) is 0 Å². The Morgan fingerprint density at radius 3 is 2.62 bits per heavy atom. The summed E-state index contributed by atoms with van der Waals surface area (Å²) in [5.41, 5.74) is 0.861. The fraction of sp³-hybridized carbons (Fsp3) is 0.556. The molecule has 1 aliphatic rings. The zero-order chi connectivity index (χ0) is 18.8. The largest absolute Gasteiger partial charge is 0.497 e. The molecule has 1 aromatic rings. The number of nitrogens with zero attached hydrogens (tertiary/aromatic N) is 1. The molecule has 0 radical (unpaired) electrons. The Morgan fingerprint density at radius 2 is 1.92 bits per heavy atom. The van der Waals surface area contributed by atoms with Gasteiger partial charge >= 0.3 is 11.8 Å². The number of amides is 2. The Hall–Kier alpha value is -2.16. The zero-order valence-corrected chi connectivity index (χ0v) is 15.3. The quantitative estimate of drug-likeness (QED) is 0.628. The Morgan fingerprint density at radius 1 is 1.19 bits per heavy atom. The average Bonchev–Trinajstić information content (AvgIpc) is 2.69. The van der Waals surface area contributed by atoms with Gasteiger partial charge in [-0.25, -0.2) is 0 Å². The predicted molar refractivity (Wildman–Crippen MR) is 96.0 cm³/mol. The molecule has 1 heterocycles. The van der Waals surface area contributed by atoms with E-state index in [0.29, 0.717) is 32.1 Å². The second kappa shape index (κ2) is 10.7. The molecule has 144 valence electrons. The summed E-state index contributed by atoms with van der Waals surface area (Å²) in [4.78, 5) is 26.0. The predicted octanol–water partition coefficient (Wildman–Crippen LogP) is -0.0527. The summed E-state index contributed by atoms with van der Waals surface area (Å²) in [5, 5.41) is 5.24. The number of nitrogens with one attached hydrogen (secondary N) is 2. The van der Waals surface area contributed by atoms with Gasteiger partial charge in [-0.1, -0.05) is 12.1 Å². The van der Waals surface area contributed by atoms with E-state index < -0.39 is 11.8 Å². The number of methoxy groups -OCH3 is 2. The second-order valence-corrected chi connectivity index (χ2v) is 5.92. The number of benzene rings is 1. The first-order valence-corrected chi connectivity index (χ1v) is 8.67. The van der Waals surface area contributed by atoms with Crippen LogP contribution in [0.25, 0.3) is 0 Å². The Kier molecular flexibility index (Phi) is 8.33. The molecule has 0 bridgehead atoms. The Labute approximate surface area is 153 Å². The van der Waals surface area contributed by atoms with Crippen LogP contribution < -0.4 is 15.4 Å². The maximum Gasteiger partial charge on any atom is 0.309 e. The molecule has 8 nitrogen and oxygen atoms in total. The first-order chi connectivity index (χ1) is 12.6. The van der Waals surface area contributed by atoms with E-state index in [2.05, 4.69) is 15.5 Å². The van der Waals surface area contributed by atoms with Gasteiger partial charge in [-0.05, 0) is 17.7 Å². The lowest BCUT2D eigenvalue weighted by Crippen LogP contribution is -2.45. The summed E-state index contributed by atoms with van der Waals surface area (Å²) < 4.78 is 15.9. The van der Waals surface area contributed by atoms with Gasteiger partial charge in [0.2, 0.25) is 0 Å². The van der Waals surface area contributed by atoms with Crippen LogP contribution in [-0.4, -0.2) is 76.9 Å². The van der Waals surface area contributed by atoms with Crippen molar-refractivity contribution in [2.45, 2.75) is 6.10 Å². The van der Waals surface area contributed by atoms with Crippen molar-refractivity contribution in [1.82, 2.24) is 15.5 Å². The van der Waals surface area contributed by atoms with Crippen molar-refractivity contribution in [2.24, 2.45) is 0 Å². The highest BCUT2D eigenvalue weighted by Gasteiger charge is 2.18. The van der Waals surface area contributed by atoms with Gasteiger partial charge in [-0.2, -0.15) is 0 Å². The minimum absolute atomic E-state index is 0.194. The highest BCUT2D eigenvalue weighted by atomic mass is 16.5. The van der Waals surface area contributed by atoms with Gasteiger partial charge in [-0.15, -0.1) is 0 Å². The molecule has 1 aliphatic heterocycles. The molecule has 26 heavy (non-hydrogen) atoms. The summed E-state index contributed by atoms with van der Waals surface area (Å²) >= 11 is 0. The lowest BCUT2D eigenvalue weighted by atomic mass is 10.1. The van der Waals surface area contributed by atoms with Crippen molar-refractivity contribution in [2.75, 3.05) is 60.2 Å². The maximum atomic E-state index is 12.0. The second-order valence-electron chi connectivity index (χ2n) is 5.92. The van der Waals surface area contributed by atoms with Gasteiger partial charge in [0.05, 0.1) is 26.4 Å². The SMILES string of the molecule is COc1cccc(C(CNC(=O)C(=O)NCCN2CCOCC2)OC)c1. The van der Waals surface area contributed by atoms with Gasteiger partial charge in [0, 0.05) is 39.8 Å². The molecule has 2 N–H and O–H groups in total. The van der Waals surface area contributed by atoms with Gasteiger partial charge in [0.25, 0.3) is 0 Å². The van der Waals surface area contributed by atoms with E-state index in [1.54, 1.807) is 14.2 Å². The molecule has 1 unspecified atom stereocenters. The molecule has 2 amide bonds. The Bertz CT molecular complexity index is 590. The number of morpholine rings is 1. The first-order valence-electron chi connectivity index (χ1n) is 8.67. The fourth-order valence-electron chi connectivity index (χ4n) is 2.68. The van der Waals surface area contributed by atoms with Gasteiger partial charge in [0.1, 0.15) is 5.75 Å². The van der Waals surface area contributed by atoms with Gasteiger partial charge < -0.3 is 24.8 Å². The molecule has 0 spiro atoms. The molecule has 1 saturated heterocycles. The monoisotopic (exact) mass is 365 g/mol. The molecule has 0 aliphatic carbocycles. The number of hydrogen-bond acceptors (Lipinski definition) is 6. The molecule has 1 atom stereocenters. The minimum atomic E-state index is -0.670. The van der Waals surface area contributed by atoms with E-state index in [0.717, 1.165) is 18.7 Å². The summed E-state index contributed by atoms with van der Waals surface area (Å²) in [5.74, 6) is -0.604. The minimum Gasteiger partial charge on any atom is -0.497 e. The maximum absolute atomic E-state index is 12.0. The Balaban J connectivity index is 1.73. The molecule has 8 heteroatoms. The highest BCUT2D eigenvalue weighted by Crippen LogP contribution is 2.20. The average molecular weight is 365 g/mol. The third-order valence-electron chi connectivity index (χ3n) is 4.22. The van der Waals surface area contributed by atoms with E-state index in [-0.39, 0.29) is 12.6 Å². The topological polar surface area (TPSA) is 89.1 Å². The smallest absolute Gasteiger partial charge is 0.309 e. The van der Waals surface area contributed by atoms with Crippen molar-refractivity contribution in [1.29, 1.82) is 0 Å². The van der Waals surface area contributed by atoms with Crippen LogP contribution in [0.2, 0.25) is 0 Å². The molecule has 0 aromatic heterocycles. The van der Waals surface area contributed by atoms with E-state index in [1.807, 2.05) is 24.3 Å². The first kappa shape index (κ1) is 20.2. The van der Waals surface area contributed by atoms with Crippen molar-refractivity contribution >= 4 is 11.8 Å². The van der Waals surface area contributed by atoms with Crippen LogP contribution in [0.15, 0.2) is 24.3 Å². The molecular formula is C18H27N3O5. The van der Waals surface area contributed by atoms with Gasteiger partial charge in [-0.3, -0.25) is 14.5 Å². The molecule has 0 saturated carbocycles. The van der Waals surface area contributed by atoms with Crippen molar-refractivity contribution in [3.8, 4) is 5.75 Å². The van der Waals surface area contributed by atoms with Gasteiger partial charge in [0.15, 0.2) is 0 Å². The van der Waals surface area contributed by atoms with Crippen LogP contribution in [0.3, 0.4) is 0 Å². The van der Waals surface area contributed by atoms with E-state index >= 15 is 0 Å². The van der Waals surface area contributed by atoms with Crippen LogP contribution >= 0.6 is 0 Å². The van der Waals surface area contributed by atoms with Crippen LogP contribution in [0.5, 0.6) is 5.75 Å². The number of ether oxygens (including phenoxy) is 3. The number of rotatable bonds is 8. The van der Waals surface area contributed by atoms with Crippen molar-refractivity contribution < 1.29 is 23.8 Å². The number of carbonyl (C=O) groups excluding carboxylic acids is 2. The molecular weight excluding hydrogens is 338 g/mol. The van der Waals surface area contributed by atoms with Crippen molar-refractivity contribution in [3.63, 3.8) is 0 Å². The summed E-state index contributed by atoms with van der Waals surface area (Å²) in [6.45, 7) is 4.42. The van der Waals surface area contributed by atoms with Crippen LogP contribution in [0, 0.1) is 0 Å². The summed E-state index contributed by atoms with van der Waals surface area (Å²) in [7, 11) is 3.14. The molecule has 1 fully saturated rings. The molecule has 1 aromatic carbocycles. The lowest BCUT2D eigenvalue weighted by molar-refractivity contribution is -0.139. The lowest BCUT2D eigenvalue weighted by Gasteiger charge is -2.26. The van der Waals surface area contributed by atoms with E-state index in [9.17, 15) is 9.59 Å². The number of hydrogen-bond donors (Lipinski definition) is 2. The van der Waals surface area contributed by atoms with E-state index in [4.69, 9.17) is 14.2 Å². The summed E-state index contributed by atoms with van der Waals surface area (Å²) in [6, 6.07) is 7.39. The third kappa shape index (κ3) is 6.29. The third-order valence-corrected chi connectivity index (χ3v) is 4.22. The molecule has 2 rings (SSSR count). The fourth-order valence-corrected chi connectivity index (χ4v) is 2.68.